The van der Waals surface area contributed by atoms with Crippen LogP contribution in [0, 0.1) is 12.8 Å². The predicted molar refractivity (Wildman–Crippen MR) is 85.5 cm³/mol. The molecule has 1 aliphatic carbocycles. The fraction of sp³-hybridized carbons (Fsp3) is 0.588. The Hall–Kier alpha value is -1.55. The molecule has 2 N–H and O–H groups in total. The van der Waals surface area contributed by atoms with E-state index in [0.717, 1.165) is 38.2 Å². The Morgan fingerprint density at radius 1 is 1.38 bits per heavy atom. The van der Waals surface area contributed by atoms with Crippen molar-refractivity contribution in [2.24, 2.45) is 5.92 Å². The maximum atomic E-state index is 12.6. The van der Waals surface area contributed by atoms with Crippen LogP contribution in [0.25, 0.3) is 0 Å². The summed E-state index contributed by atoms with van der Waals surface area (Å²) < 4.78 is 0. The van der Waals surface area contributed by atoms with Gasteiger partial charge in [-0.1, -0.05) is 12.1 Å². The van der Waals surface area contributed by atoms with Crippen molar-refractivity contribution in [2.45, 2.75) is 38.6 Å². The Bertz CT molecular complexity index is 493. The fourth-order valence-corrected chi connectivity index (χ4v) is 3.06. The van der Waals surface area contributed by atoms with E-state index in [4.69, 9.17) is 0 Å². The van der Waals surface area contributed by atoms with Crippen LogP contribution in [-0.4, -0.2) is 36.6 Å². The van der Waals surface area contributed by atoms with Crippen LogP contribution < -0.4 is 10.6 Å². The summed E-state index contributed by atoms with van der Waals surface area (Å²) >= 11 is 0. The van der Waals surface area contributed by atoms with Crippen molar-refractivity contribution < 1.29 is 4.79 Å². The van der Waals surface area contributed by atoms with Gasteiger partial charge >= 0.3 is 6.03 Å². The highest BCUT2D eigenvalue weighted by molar-refractivity contribution is 5.89. The van der Waals surface area contributed by atoms with Gasteiger partial charge < -0.3 is 15.5 Å². The second kappa shape index (κ2) is 6.48. The van der Waals surface area contributed by atoms with Crippen molar-refractivity contribution >= 4 is 11.7 Å². The number of amides is 2. The third-order valence-corrected chi connectivity index (χ3v) is 4.37. The van der Waals surface area contributed by atoms with Crippen molar-refractivity contribution in [3.8, 4) is 0 Å². The number of carbonyl (C=O) groups is 1. The molecule has 0 spiro atoms. The molecule has 2 aliphatic rings. The number of nitrogens with one attached hydrogen (secondary N) is 2. The van der Waals surface area contributed by atoms with Gasteiger partial charge in [0.25, 0.3) is 0 Å². The number of piperidine rings is 1. The molecule has 1 aliphatic heterocycles. The van der Waals surface area contributed by atoms with Crippen LogP contribution in [0.3, 0.4) is 0 Å². The largest absolute Gasteiger partial charge is 0.322 e. The van der Waals surface area contributed by atoms with E-state index in [2.05, 4.69) is 15.5 Å². The molecule has 2 amide bonds. The van der Waals surface area contributed by atoms with E-state index in [1.807, 2.05) is 31.2 Å². The molecular formula is C17H25N3O. The molecule has 1 unspecified atom stereocenters. The van der Waals surface area contributed by atoms with Gasteiger partial charge in [0.15, 0.2) is 0 Å². The molecule has 1 saturated heterocycles. The van der Waals surface area contributed by atoms with Gasteiger partial charge in [0, 0.05) is 18.3 Å². The lowest BCUT2D eigenvalue weighted by atomic mass is 9.99. The maximum absolute atomic E-state index is 12.6. The number of urea groups is 1. The molecular weight excluding hydrogens is 262 g/mol. The van der Waals surface area contributed by atoms with Crippen LogP contribution in [0.1, 0.15) is 31.2 Å². The van der Waals surface area contributed by atoms with E-state index in [-0.39, 0.29) is 6.03 Å². The van der Waals surface area contributed by atoms with Crippen molar-refractivity contribution in [1.82, 2.24) is 10.2 Å². The average molecular weight is 287 g/mol. The number of anilines is 1. The molecule has 3 rings (SSSR count). The first-order valence-corrected chi connectivity index (χ1v) is 8.07. The Balaban J connectivity index is 1.61. The summed E-state index contributed by atoms with van der Waals surface area (Å²) in [5, 5.41) is 6.50. The summed E-state index contributed by atoms with van der Waals surface area (Å²) in [5.41, 5.74) is 2.06. The molecule has 0 bridgehead atoms. The first-order chi connectivity index (χ1) is 10.2. The number of rotatable bonds is 4. The van der Waals surface area contributed by atoms with Crippen LogP contribution >= 0.6 is 0 Å². The minimum Gasteiger partial charge on any atom is -0.321 e. The number of hydrogen-bond donors (Lipinski definition) is 2. The minimum atomic E-state index is 0.0636. The molecule has 1 saturated carbocycles. The summed E-state index contributed by atoms with van der Waals surface area (Å²) in [6.45, 7) is 5.09. The standard InChI is InChI=1S/C17H25N3O/c1-13-4-2-6-15(10-13)19-17(21)20(16-7-8-16)12-14-5-3-9-18-11-14/h2,4,6,10,14,16,18H,3,5,7-9,11-12H2,1H3,(H,19,21). The number of hydrogen-bond acceptors (Lipinski definition) is 2. The Labute approximate surface area is 126 Å². The van der Waals surface area contributed by atoms with Crippen molar-refractivity contribution in [3.05, 3.63) is 29.8 Å². The van der Waals surface area contributed by atoms with Gasteiger partial charge in [-0.05, 0) is 69.3 Å². The molecule has 114 valence electrons. The first-order valence-electron chi connectivity index (χ1n) is 8.07. The number of benzene rings is 1. The van der Waals surface area contributed by atoms with Crippen LogP contribution in [0.2, 0.25) is 0 Å². The second-order valence-electron chi connectivity index (χ2n) is 6.40. The topological polar surface area (TPSA) is 44.4 Å². The molecule has 4 heteroatoms. The summed E-state index contributed by atoms with van der Waals surface area (Å²) in [6.07, 6.45) is 4.76. The molecule has 1 heterocycles. The third kappa shape index (κ3) is 3.97. The lowest BCUT2D eigenvalue weighted by Crippen LogP contribution is -2.43. The lowest BCUT2D eigenvalue weighted by Gasteiger charge is -2.30. The van der Waals surface area contributed by atoms with Gasteiger partial charge in [-0.15, -0.1) is 0 Å². The van der Waals surface area contributed by atoms with E-state index in [9.17, 15) is 4.79 Å². The number of carbonyl (C=O) groups excluding carboxylic acids is 1. The number of nitrogens with zero attached hydrogens (tertiary/aromatic N) is 1. The predicted octanol–water partition coefficient (Wildman–Crippen LogP) is 2.99. The molecule has 0 radical (unpaired) electrons. The van der Waals surface area contributed by atoms with Crippen molar-refractivity contribution in [2.75, 3.05) is 25.0 Å². The van der Waals surface area contributed by atoms with Crippen LogP contribution in [-0.2, 0) is 0 Å². The van der Waals surface area contributed by atoms with Gasteiger partial charge in [-0.25, -0.2) is 4.79 Å². The van der Waals surface area contributed by atoms with Gasteiger partial charge in [0.2, 0.25) is 0 Å². The Kier molecular flexibility index (Phi) is 4.44. The monoisotopic (exact) mass is 287 g/mol. The lowest BCUT2D eigenvalue weighted by molar-refractivity contribution is 0.190. The van der Waals surface area contributed by atoms with Crippen LogP contribution in [0.15, 0.2) is 24.3 Å². The fourth-order valence-electron chi connectivity index (χ4n) is 3.06. The summed E-state index contributed by atoms with van der Waals surface area (Å²) in [6, 6.07) is 8.52. The van der Waals surface area contributed by atoms with E-state index < -0.39 is 0 Å². The van der Waals surface area contributed by atoms with Crippen molar-refractivity contribution in [1.29, 1.82) is 0 Å². The highest BCUT2D eigenvalue weighted by atomic mass is 16.2. The van der Waals surface area contributed by atoms with E-state index in [1.54, 1.807) is 0 Å². The third-order valence-electron chi connectivity index (χ3n) is 4.37. The summed E-state index contributed by atoms with van der Waals surface area (Å²) in [5.74, 6) is 0.600. The molecule has 4 nitrogen and oxygen atoms in total. The van der Waals surface area contributed by atoms with E-state index >= 15 is 0 Å². The highest BCUT2D eigenvalue weighted by Gasteiger charge is 2.34. The maximum Gasteiger partial charge on any atom is 0.322 e. The second-order valence-corrected chi connectivity index (χ2v) is 6.40. The van der Waals surface area contributed by atoms with Crippen molar-refractivity contribution in [3.63, 3.8) is 0 Å². The molecule has 0 aromatic heterocycles. The zero-order chi connectivity index (χ0) is 14.7. The highest BCUT2D eigenvalue weighted by Crippen LogP contribution is 2.29. The van der Waals surface area contributed by atoms with E-state index in [0.29, 0.717) is 12.0 Å². The molecule has 1 aromatic rings. The Morgan fingerprint density at radius 2 is 2.24 bits per heavy atom. The zero-order valence-corrected chi connectivity index (χ0v) is 12.8. The zero-order valence-electron chi connectivity index (χ0n) is 12.8. The molecule has 1 aromatic carbocycles. The van der Waals surface area contributed by atoms with Crippen LogP contribution in [0.5, 0.6) is 0 Å². The van der Waals surface area contributed by atoms with E-state index in [1.165, 1.54) is 18.4 Å². The summed E-state index contributed by atoms with van der Waals surface area (Å²) in [4.78, 5) is 14.6. The smallest absolute Gasteiger partial charge is 0.321 e. The normalized spacial score (nSPS) is 21.9. The minimum absolute atomic E-state index is 0.0636. The molecule has 2 fully saturated rings. The van der Waals surface area contributed by atoms with Gasteiger partial charge in [-0.3, -0.25) is 0 Å². The first kappa shape index (κ1) is 14.4. The van der Waals surface area contributed by atoms with Gasteiger partial charge in [0.1, 0.15) is 0 Å². The molecule has 21 heavy (non-hydrogen) atoms. The Morgan fingerprint density at radius 3 is 2.90 bits per heavy atom. The summed E-state index contributed by atoms with van der Waals surface area (Å²) in [7, 11) is 0. The average Bonchev–Trinajstić information content (AvgIpc) is 3.30. The van der Waals surface area contributed by atoms with Gasteiger partial charge in [0.05, 0.1) is 0 Å². The quantitative estimate of drug-likeness (QED) is 0.894. The number of aryl methyl sites for hydroxylation is 1. The molecule has 1 atom stereocenters. The van der Waals surface area contributed by atoms with Gasteiger partial charge in [-0.2, -0.15) is 0 Å². The SMILES string of the molecule is Cc1cccc(NC(=O)N(CC2CCCNC2)C2CC2)c1. The van der Waals surface area contributed by atoms with Crippen LogP contribution in [0.4, 0.5) is 10.5 Å².